The molecule has 0 unspecified atom stereocenters. The lowest BCUT2D eigenvalue weighted by molar-refractivity contribution is -0.131. The van der Waals surface area contributed by atoms with Crippen molar-refractivity contribution in [1.29, 1.82) is 0 Å². The Hall–Kier alpha value is -0.770. The fourth-order valence-corrected chi connectivity index (χ4v) is 2.97. The highest BCUT2D eigenvalue weighted by molar-refractivity contribution is 6.34. The van der Waals surface area contributed by atoms with Crippen molar-refractivity contribution in [3.8, 4) is 0 Å². The highest BCUT2D eigenvalue weighted by Crippen LogP contribution is 2.21. The molecular weight excluding hydrogens is 307 g/mol. The molecule has 0 bridgehead atoms. The van der Waals surface area contributed by atoms with Crippen LogP contribution in [0.2, 0.25) is 10.0 Å². The minimum Gasteiger partial charge on any atom is -0.341 e. The molecule has 0 aliphatic carbocycles. The highest BCUT2D eigenvalue weighted by Gasteiger charge is 2.17. The van der Waals surface area contributed by atoms with Gasteiger partial charge in [-0.05, 0) is 48.6 Å². The topological polar surface area (TPSA) is 46.3 Å². The lowest BCUT2D eigenvalue weighted by Gasteiger charge is -2.22. The summed E-state index contributed by atoms with van der Waals surface area (Å²) in [6, 6.07) is 5.33. The molecule has 1 atom stereocenters. The van der Waals surface area contributed by atoms with E-state index in [0.29, 0.717) is 35.5 Å². The third-order valence-electron chi connectivity index (χ3n) is 3.37. The Morgan fingerprint density at radius 2 is 1.81 bits per heavy atom. The summed E-state index contributed by atoms with van der Waals surface area (Å²) in [6.07, 6.45) is 1.46. The van der Waals surface area contributed by atoms with Gasteiger partial charge >= 0.3 is 0 Å². The van der Waals surface area contributed by atoms with Gasteiger partial charge in [-0.25, -0.2) is 0 Å². The summed E-state index contributed by atoms with van der Waals surface area (Å²) in [4.78, 5) is 14.0. The summed E-state index contributed by atoms with van der Waals surface area (Å²) in [5, 5.41) is 1.16. The zero-order valence-corrected chi connectivity index (χ0v) is 14.4. The number of nitrogens with two attached hydrogens (primary N) is 1. The van der Waals surface area contributed by atoms with E-state index in [4.69, 9.17) is 28.9 Å². The number of nitrogens with zero attached hydrogens (tertiary/aromatic N) is 1. The summed E-state index contributed by atoms with van der Waals surface area (Å²) in [5.41, 5.74) is 6.68. The maximum atomic E-state index is 12.3. The van der Waals surface area contributed by atoms with Crippen LogP contribution in [0.4, 0.5) is 0 Å². The monoisotopic (exact) mass is 330 g/mol. The van der Waals surface area contributed by atoms with Crippen molar-refractivity contribution >= 4 is 29.1 Å². The molecule has 0 radical (unpaired) electrons. The third kappa shape index (κ3) is 6.68. The number of rotatable bonds is 7. The van der Waals surface area contributed by atoms with Crippen LogP contribution in [0.1, 0.15) is 32.3 Å². The fourth-order valence-electron chi connectivity index (χ4n) is 2.40. The lowest BCUT2D eigenvalue weighted by Crippen LogP contribution is -2.30. The number of hydrogen-bond acceptors (Lipinski definition) is 2. The minimum atomic E-state index is 0.0993. The minimum absolute atomic E-state index is 0.0993. The Balaban J connectivity index is 2.61. The zero-order valence-electron chi connectivity index (χ0n) is 12.9. The molecule has 0 saturated heterocycles. The molecule has 1 aromatic carbocycles. The summed E-state index contributed by atoms with van der Waals surface area (Å²) in [5.74, 6) is 0.883. The number of hydrogen-bond donors (Lipinski definition) is 1. The molecule has 0 spiro atoms. The van der Waals surface area contributed by atoms with Crippen LogP contribution in [-0.4, -0.2) is 24.4 Å². The molecule has 1 rings (SSSR count). The molecule has 2 N–H and O–H groups in total. The van der Waals surface area contributed by atoms with Crippen molar-refractivity contribution in [2.45, 2.75) is 33.2 Å². The van der Waals surface area contributed by atoms with Crippen LogP contribution in [0.15, 0.2) is 18.2 Å². The van der Waals surface area contributed by atoms with Gasteiger partial charge in [-0.1, -0.05) is 37.0 Å². The van der Waals surface area contributed by atoms with Crippen molar-refractivity contribution in [1.82, 2.24) is 4.90 Å². The largest absolute Gasteiger partial charge is 0.341 e. The van der Waals surface area contributed by atoms with Gasteiger partial charge in [0.05, 0.1) is 0 Å². The molecule has 0 fully saturated rings. The maximum Gasteiger partial charge on any atom is 0.222 e. The summed E-state index contributed by atoms with van der Waals surface area (Å²) in [6.45, 7) is 5.33. The average Bonchev–Trinajstić information content (AvgIpc) is 2.35. The van der Waals surface area contributed by atoms with Crippen molar-refractivity contribution < 1.29 is 4.79 Å². The smallest absolute Gasteiger partial charge is 0.222 e. The van der Waals surface area contributed by atoms with Crippen molar-refractivity contribution in [2.24, 2.45) is 17.6 Å². The van der Waals surface area contributed by atoms with Crippen LogP contribution >= 0.6 is 23.2 Å². The van der Waals surface area contributed by atoms with Crippen LogP contribution in [-0.2, 0) is 11.3 Å². The van der Waals surface area contributed by atoms with E-state index in [1.807, 2.05) is 12.1 Å². The first-order valence-corrected chi connectivity index (χ1v) is 7.96. The van der Waals surface area contributed by atoms with Crippen LogP contribution in [0, 0.1) is 11.8 Å². The number of amides is 1. The molecule has 21 heavy (non-hydrogen) atoms. The van der Waals surface area contributed by atoms with Gasteiger partial charge in [0.1, 0.15) is 0 Å². The van der Waals surface area contributed by atoms with Gasteiger partial charge in [-0.3, -0.25) is 4.79 Å². The molecular formula is C16H24Cl2N2O. The molecule has 1 amide bonds. The predicted octanol–water partition coefficient (Wildman–Crippen LogP) is 3.96. The van der Waals surface area contributed by atoms with Gasteiger partial charge in [0.2, 0.25) is 5.91 Å². The Morgan fingerprint density at radius 1 is 1.24 bits per heavy atom. The standard InChI is InChI=1S/C16H24Cl2N2O/c1-11(2)4-12(9-19)7-16(21)20(3)10-13-5-14(17)8-15(18)6-13/h5-6,8,11-12H,4,7,9-10,19H2,1-3H3/t12-/m0/s1. The molecule has 0 heterocycles. The number of halogens is 2. The van der Waals surface area contributed by atoms with Crippen molar-refractivity contribution in [3.63, 3.8) is 0 Å². The van der Waals surface area contributed by atoms with Crippen molar-refractivity contribution in [2.75, 3.05) is 13.6 Å². The van der Waals surface area contributed by atoms with Gasteiger partial charge in [-0.15, -0.1) is 0 Å². The van der Waals surface area contributed by atoms with Gasteiger partial charge in [0, 0.05) is 30.1 Å². The van der Waals surface area contributed by atoms with E-state index in [9.17, 15) is 4.79 Å². The van der Waals surface area contributed by atoms with Crippen LogP contribution < -0.4 is 5.73 Å². The molecule has 1 aromatic rings. The van der Waals surface area contributed by atoms with E-state index >= 15 is 0 Å². The average molecular weight is 331 g/mol. The van der Waals surface area contributed by atoms with Crippen LogP contribution in [0.3, 0.4) is 0 Å². The van der Waals surface area contributed by atoms with Gasteiger partial charge < -0.3 is 10.6 Å². The molecule has 0 aliphatic heterocycles. The third-order valence-corrected chi connectivity index (χ3v) is 3.81. The van der Waals surface area contributed by atoms with Crippen molar-refractivity contribution in [3.05, 3.63) is 33.8 Å². The maximum absolute atomic E-state index is 12.3. The molecule has 0 saturated carbocycles. The first-order valence-electron chi connectivity index (χ1n) is 7.20. The van der Waals surface area contributed by atoms with Crippen LogP contribution in [0.25, 0.3) is 0 Å². The van der Waals surface area contributed by atoms with E-state index in [-0.39, 0.29) is 11.8 Å². The number of carbonyl (C=O) groups excluding carboxylic acids is 1. The summed E-state index contributed by atoms with van der Waals surface area (Å²) in [7, 11) is 1.79. The zero-order chi connectivity index (χ0) is 16.0. The normalized spacial score (nSPS) is 12.5. The second-order valence-electron chi connectivity index (χ2n) is 5.96. The van der Waals surface area contributed by atoms with Gasteiger partial charge in [0.15, 0.2) is 0 Å². The number of benzene rings is 1. The molecule has 0 aromatic heterocycles. The van der Waals surface area contributed by atoms with E-state index in [1.54, 1.807) is 18.0 Å². The van der Waals surface area contributed by atoms with Gasteiger partial charge in [0.25, 0.3) is 0 Å². The molecule has 118 valence electrons. The SMILES string of the molecule is CC(C)C[C@H](CN)CC(=O)N(C)Cc1cc(Cl)cc(Cl)c1. The molecule has 5 heteroatoms. The second-order valence-corrected chi connectivity index (χ2v) is 6.84. The Bertz CT molecular complexity index is 457. The Morgan fingerprint density at radius 3 is 2.29 bits per heavy atom. The number of carbonyl (C=O) groups is 1. The lowest BCUT2D eigenvalue weighted by atomic mass is 9.94. The molecule has 3 nitrogen and oxygen atoms in total. The fraction of sp³-hybridized carbons (Fsp3) is 0.562. The molecule has 0 aliphatic rings. The predicted molar refractivity (Wildman–Crippen MR) is 89.6 cm³/mol. The van der Waals surface area contributed by atoms with E-state index in [2.05, 4.69) is 13.8 Å². The Labute approximate surface area is 137 Å². The highest BCUT2D eigenvalue weighted by atomic mass is 35.5. The Kier molecular flexibility index (Phi) is 7.50. The van der Waals surface area contributed by atoms with E-state index < -0.39 is 0 Å². The first kappa shape index (κ1) is 18.3. The van der Waals surface area contributed by atoms with Crippen LogP contribution in [0.5, 0.6) is 0 Å². The first-order chi connectivity index (χ1) is 9.81. The van der Waals surface area contributed by atoms with E-state index in [0.717, 1.165) is 12.0 Å². The quantitative estimate of drug-likeness (QED) is 0.822. The summed E-state index contributed by atoms with van der Waals surface area (Å²) >= 11 is 11.9. The summed E-state index contributed by atoms with van der Waals surface area (Å²) < 4.78 is 0. The second kappa shape index (κ2) is 8.62. The van der Waals surface area contributed by atoms with Gasteiger partial charge in [-0.2, -0.15) is 0 Å². The van der Waals surface area contributed by atoms with E-state index in [1.165, 1.54) is 0 Å².